The first-order chi connectivity index (χ1) is 20.3. The molecule has 1 unspecified atom stereocenters. The smallest absolute Gasteiger partial charge is 0.320 e. The van der Waals surface area contributed by atoms with Gasteiger partial charge < -0.3 is 18.6 Å². The van der Waals surface area contributed by atoms with Crippen LogP contribution >= 0.6 is 0 Å². The fourth-order valence-corrected chi connectivity index (χ4v) is 6.19. The highest BCUT2D eigenvalue weighted by Crippen LogP contribution is 2.31. The largest absolute Gasteiger partial charge is 0.460 e. The van der Waals surface area contributed by atoms with Crippen LogP contribution < -0.4 is 0 Å². The van der Waals surface area contributed by atoms with Gasteiger partial charge >= 0.3 is 6.03 Å². The van der Waals surface area contributed by atoms with Crippen LogP contribution in [0.3, 0.4) is 0 Å². The summed E-state index contributed by atoms with van der Waals surface area (Å²) in [5.74, 6) is -1.25. The molecule has 3 aromatic heterocycles. The zero-order valence-electron chi connectivity index (χ0n) is 23.4. The van der Waals surface area contributed by atoms with Crippen molar-refractivity contribution in [2.75, 3.05) is 19.6 Å². The van der Waals surface area contributed by atoms with Crippen molar-refractivity contribution in [3.63, 3.8) is 0 Å². The minimum atomic E-state index is -2.97. The van der Waals surface area contributed by atoms with E-state index in [1.165, 1.54) is 12.3 Å². The van der Waals surface area contributed by atoms with Gasteiger partial charge in [-0.15, -0.1) is 0 Å². The van der Waals surface area contributed by atoms with Crippen molar-refractivity contribution in [3.05, 3.63) is 101 Å². The van der Waals surface area contributed by atoms with Crippen molar-refractivity contribution >= 4 is 28.0 Å². The van der Waals surface area contributed by atoms with Crippen molar-refractivity contribution in [2.45, 2.75) is 51.4 Å². The number of benzene rings is 2. The first-order valence-corrected chi connectivity index (χ1v) is 14.4. The van der Waals surface area contributed by atoms with E-state index in [4.69, 9.17) is 8.83 Å². The second-order valence-corrected chi connectivity index (χ2v) is 11.5. The molecule has 0 aliphatic carbocycles. The molecule has 0 saturated carbocycles. The Bertz CT molecular complexity index is 1620. The number of nitrogens with zero attached hydrogens (tertiary/aromatic N) is 4. The Morgan fingerprint density at radius 2 is 1.60 bits per heavy atom. The molecule has 2 aliphatic rings. The number of carbonyl (C=O) groups excluding carboxylic acids is 1. The first kappa shape index (κ1) is 26.6. The van der Waals surface area contributed by atoms with E-state index in [0.29, 0.717) is 44.7 Å². The number of furan rings is 2. The normalized spacial score (nSPS) is 17.5. The molecular formula is C33H32F2N4O3. The number of hydrogen-bond donors (Lipinski definition) is 0. The van der Waals surface area contributed by atoms with Gasteiger partial charge in [0, 0.05) is 73.8 Å². The summed E-state index contributed by atoms with van der Waals surface area (Å²) in [7, 11) is 0. The number of amides is 2. The predicted molar refractivity (Wildman–Crippen MR) is 155 cm³/mol. The first-order valence-electron chi connectivity index (χ1n) is 14.4. The number of alkyl halides is 2. The monoisotopic (exact) mass is 570 g/mol. The van der Waals surface area contributed by atoms with Gasteiger partial charge in [-0.3, -0.25) is 9.88 Å². The van der Waals surface area contributed by atoms with Crippen molar-refractivity contribution in [1.82, 2.24) is 19.7 Å². The van der Waals surface area contributed by atoms with E-state index in [1.807, 2.05) is 53.4 Å². The standard InChI is InChI=1S/C33H32F2N4O3/c1-33(34,35)25-14-24-18-37(13-11-29(24)36-17-25)32(40)38-12-10-26(19-38)39(20-27-15-22-6-2-4-8-30(22)41-27)21-28-16-23-7-3-5-9-31(23)42-28/h2-9,14-17,26H,10-13,18-21H2,1H3. The summed E-state index contributed by atoms with van der Waals surface area (Å²) >= 11 is 0. The van der Waals surface area contributed by atoms with Crippen LogP contribution in [0.2, 0.25) is 0 Å². The Labute approximate surface area is 242 Å². The minimum absolute atomic E-state index is 0.0655. The molecule has 9 heteroatoms. The summed E-state index contributed by atoms with van der Waals surface area (Å²) in [6.07, 6.45) is 2.61. The number of aromatic nitrogens is 1. The average molecular weight is 571 g/mol. The summed E-state index contributed by atoms with van der Waals surface area (Å²) < 4.78 is 40.2. The molecule has 7 nitrogen and oxygen atoms in total. The van der Waals surface area contributed by atoms with Gasteiger partial charge in [-0.2, -0.15) is 0 Å². The third kappa shape index (κ3) is 5.25. The molecule has 1 fully saturated rings. The van der Waals surface area contributed by atoms with Crippen LogP contribution in [-0.4, -0.2) is 51.4 Å². The maximum atomic E-state index is 13.9. The lowest BCUT2D eigenvalue weighted by Gasteiger charge is -2.33. The third-order valence-corrected chi connectivity index (χ3v) is 8.44. The maximum Gasteiger partial charge on any atom is 0.320 e. The highest BCUT2D eigenvalue weighted by atomic mass is 19.3. The number of halogens is 2. The van der Waals surface area contributed by atoms with E-state index in [0.717, 1.165) is 52.5 Å². The van der Waals surface area contributed by atoms with E-state index < -0.39 is 5.92 Å². The summed E-state index contributed by atoms with van der Waals surface area (Å²) in [6, 6.07) is 21.6. The van der Waals surface area contributed by atoms with Crippen molar-refractivity contribution in [2.24, 2.45) is 0 Å². The molecular weight excluding hydrogens is 538 g/mol. The Hall–Kier alpha value is -4.24. The van der Waals surface area contributed by atoms with E-state index >= 15 is 0 Å². The maximum absolute atomic E-state index is 13.9. The van der Waals surface area contributed by atoms with Gasteiger partial charge in [-0.1, -0.05) is 36.4 Å². The average Bonchev–Trinajstić information content (AvgIpc) is 3.73. The van der Waals surface area contributed by atoms with Crippen LogP contribution in [0.1, 0.15) is 41.7 Å². The van der Waals surface area contributed by atoms with Crippen LogP contribution in [0.4, 0.5) is 13.6 Å². The molecule has 0 N–H and O–H groups in total. The number of para-hydroxylation sites is 2. The van der Waals surface area contributed by atoms with Crippen LogP contribution in [0.15, 0.2) is 81.8 Å². The molecule has 2 aromatic carbocycles. The summed E-state index contributed by atoms with van der Waals surface area (Å²) in [5, 5.41) is 2.12. The van der Waals surface area contributed by atoms with E-state index in [-0.39, 0.29) is 24.2 Å². The quantitative estimate of drug-likeness (QED) is 0.221. The molecule has 1 atom stereocenters. The second-order valence-electron chi connectivity index (χ2n) is 11.5. The molecule has 0 radical (unpaired) electrons. The Balaban J connectivity index is 1.09. The van der Waals surface area contributed by atoms with Gasteiger partial charge in [0.25, 0.3) is 5.92 Å². The third-order valence-electron chi connectivity index (χ3n) is 8.44. The lowest BCUT2D eigenvalue weighted by Crippen LogP contribution is -2.46. The highest BCUT2D eigenvalue weighted by Gasteiger charge is 2.35. The van der Waals surface area contributed by atoms with Crippen molar-refractivity contribution < 1.29 is 22.4 Å². The molecule has 0 bridgehead atoms. The SMILES string of the molecule is CC(F)(F)c1cnc2c(c1)CN(C(=O)N1CCC(N(Cc3cc4ccccc4o3)Cc3cc4ccccc4o3)C1)CC2. The number of pyridine rings is 1. The van der Waals surface area contributed by atoms with E-state index in [9.17, 15) is 13.6 Å². The van der Waals surface area contributed by atoms with Crippen molar-refractivity contribution in [3.8, 4) is 0 Å². The molecule has 2 amide bonds. The van der Waals surface area contributed by atoms with Gasteiger partial charge in [0.15, 0.2) is 0 Å². The number of rotatable bonds is 6. The minimum Gasteiger partial charge on any atom is -0.460 e. The number of carbonyl (C=O) groups is 1. The van der Waals surface area contributed by atoms with Crippen LogP contribution in [-0.2, 0) is 32.0 Å². The zero-order valence-corrected chi connectivity index (χ0v) is 23.4. The summed E-state index contributed by atoms with van der Waals surface area (Å²) in [5.41, 5.74) is 3.06. The lowest BCUT2D eigenvalue weighted by atomic mass is 10.0. The van der Waals surface area contributed by atoms with Crippen LogP contribution in [0, 0.1) is 0 Å². The molecule has 0 spiro atoms. The molecule has 42 heavy (non-hydrogen) atoms. The molecule has 216 valence electrons. The molecule has 2 aliphatic heterocycles. The summed E-state index contributed by atoms with van der Waals surface area (Å²) in [6.45, 7) is 4.01. The number of likely N-dealkylation sites (tertiary alicyclic amines) is 1. The number of urea groups is 1. The Morgan fingerprint density at radius 1 is 0.952 bits per heavy atom. The van der Waals surface area contributed by atoms with Gasteiger partial charge in [-0.25, -0.2) is 13.6 Å². The highest BCUT2D eigenvalue weighted by molar-refractivity contribution is 5.78. The number of fused-ring (bicyclic) bond motifs is 3. The van der Waals surface area contributed by atoms with Gasteiger partial charge in [0.05, 0.1) is 13.1 Å². The Morgan fingerprint density at radius 3 is 2.21 bits per heavy atom. The van der Waals surface area contributed by atoms with E-state index in [1.54, 1.807) is 4.90 Å². The van der Waals surface area contributed by atoms with Crippen LogP contribution in [0.25, 0.3) is 21.9 Å². The molecule has 5 heterocycles. The second kappa shape index (κ2) is 10.5. The fourth-order valence-electron chi connectivity index (χ4n) is 6.19. The van der Waals surface area contributed by atoms with Gasteiger partial charge in [-0.05, 0) is 42.3 Å². The van der Waals surface area contributed by atoms with Gasteiger partial charge in [0.1, 0.15) is 22.7 Å². The van der Waals surface area contributed by atoms with Crippen molar-refractivity contribution in [1.29, 1.82) is 0 Å². The van der Waals surface area contributed by atoms with E-state index in [2.05, 4.69) is 22.0 Å². The van der Waals surface area contributed by atoms with Gasteiger partial charge in [0.2, 0.25) is 0 Å². The molecule has 5 aromatic rings. The summed E-state index contributed by atoms with van der Waals surface area (Å²) in [4.78, 5) is 23.9. The number of hydrogen-bond acceptors (Lipinski definition) is 5. The predicted octanol–water partition coefficient (Wildman–Crippen LogP) is 6.94. The lowest BCUT2D eigenvalue weighted by molar-refractivity contribution is 0.0169. The molecule has 1 saturated heterocycles. The fraction of sp³-hybridized carbons (Fsp3) is 0.333. The zero-order chi connectivity index (χ0) is 28.8. The molecule has 7 rings (SSSR count). The van der Waals surface area contributed by atoms with Crippen LogP contribution in [0.5, 0.6) is 0 Å². The Kier molecular flexibility index (Phi) is 6.69. The topological polar surface area (TPSA) is 66.0 Å².